The summed E-state index contributed by atoms with van der Waals surface area (Å²) < 4.78 is 21.1. The zero-order chi connectivity index (χ0) is 29.9. The van der Waals surface area contributed by atoms with Gasteiger partial charge in [0.2, 0.25) is 0 Å². The van der Waals surface area contributed by atoms with Gasteiger partial charge in [0.05, 0.1) is 16.9 Å². The summed E-state index contributed by atoms with van der Waals surface area (Å²) in [4.78, 5) is 54.4. The molecule has 0 unspecified atom stereocenters. The Balaban J connectivity index is 1.61. The first kappa shape index (κ1) is 27.7. The van der Waals surface area contributed by atoms with Crippen LogP contribution in [0.25, 0.3) is 16.6 Å². The highest BCUT2D eigenvalue weighted by atomic mass is 127. The third kappa shape index (κ3) is 4.65. The predicted molar refractivity (Wildman–Crippen MR) is 168 cm³/mol. The minimum atomic E-state index is -0.594. The van der Waals surface area contributed by atoms with Gasteiger partial charge in [-0.2, -0.15) is 0 Å². The second-order valence-electron chi connectivity index (χ2n) is 10.3. The van der Waals surface area contributed by atoms with Crippen molar-refractivity contribution in [3.05, 3.63) is 113 Å². The highest BCUT2D eigenvalue weighted by Gasteiger charge is 2.31. The monoisotopic (exact) mass is 680 g/mol. The molecule has 42 heavy (non-hydrogen) atoms. The van der Waals surface area contributed by atoms with Gasteiger partial charge in [-0.05, 0) is 90.9 Å². The molecule has 0 atom stereocenters. The van der Waals surface area contributed by atoms with Crippen molar-refractivity contribution in [1.29, 1.82) is 0 Å². The minimum Gasteiger partial charge on any atom is -0.347 e. The molecule has 2 aromatic carbocycles. The average molecular weight is 680 g/mol. The van der Waals surface area contributed by atoms with Gasteiger partial charge in [-0.15, -0.1) is 0 Å². The van der Waals surface area contributed by atoms with E-state index in [0.29, 0.717) is 33.5 Å². The first-order valence-electron chi connectivity index (χ1n) is 13.2. The van der Waals surface area contributed by atoms with Gasteiger partial charge >= 0.3 is 5.69 Å². The molecule has 214 valence electrons. The summed E-state index contributed by atoms with van der Waals surface area (Å²) in [7, 11) is 3.26. The van der Waals surface area contributed by atoms with Gasteiger partial charge in [-0.25, -0.2) is 9.18 Å². The molecule has 6 rings (SSSR count). The van der Waals surface area contributed by atoms with Crippen LogP contribution < -0.4 is 27.4 Å². The molecular formula is C30H26FIN6O4. The summed E-state index contributed by atoms with van der Waals surface area (Å²) in [5.74, 6) is -0.821. The number of rotatable bonds is 6. The number of carbonyl (C=O) groups is 1. The lowest BCUT2D eigenvalue weighted by Gasteiger charge is -2.21. The van der Waals surface area contributed by atoms with Crippen LogP contribution in [0.2, 0.25) is 0 Å². The van der Waals surface area contributed by atoms with Crippen LogP contribution in [0.5, 0.6) is 0 Å². The quantitative estimate of drug-likeness (QED) is 0.256. The van der Waals surface area contributed by atoms with E-state index in [1.165, 1.54) is 32.9 Å². The fraction of sp³-hybridized carbons (Fsp3) is 0.200. The number of amides is 1. The smallest absolute Gasteiger partial charge is 0.336 e. The van der Waals surface area contributed by atoms with Crippen LogP contribution in [0.4, 0.5) is 21.6 Å². The van der Waals surface area contributed by atoms with Crippen molar-refractivity contribution in [3.8, 4) is 5.69 Å². The van der Waals surface area contributed by atoms with E-state index in [1.54, 1.807) is 67.2 Å². The van der Waals surface area contributed by atoms with E-state index in [4.69, 9.17) is 0 Å². The standard InChI is InChI=1S/C30H26FIN6O4/c1-16-25-24(26(36(3)28(16)40)34-22-12-9-17(32)14-21(22)31)29(41)38(19-10-11-19)30(42)37(25)20-7-4-6-18(15-20)33-27(39)23-8-5-13-35(23)2/h4-9,12-15,19,34H,10-11H2,1-3H3,(H,33,39). The number of nitrogens with zero attached hydrogens (tertiary/aromatic N) is 4. The maximum atomic E-state index is 14.9. The second kappa shape index (κ2) is 10.4. The number of hydrogen-bond donors (Lipinski definition) is 2. The van der Waals surface area contributed by atoms with E-state index in [0.717, 1.165) is 0 Å². The van der Waals surface area contributed by atoms with Crippen LogP contribution in [0.3, 0.4) is 0 Å². The summed E-state index contributed by atoms with van der Waals surface area (Å²) in [5.41, 5.74) is -0.0193. The van der Waals surface area contributed by atoms with E-state index in [2.05, 4.69) is 10.6 Å². The van der Waals surface area contributed by atoms with Gasteiger partial charge in [0, 0.05) is 41.2 Å². The van der Waals surface area contributed by atoms with Gasteiger partial charge in [0.25, 0.3) is 17.0 Å². The van der Waals surface area contributed by atoms with E-state index >= 15 is 0 Å². The second-order valence-corrected chi connectivity index (χ2v) is 11.6. The summed E-state index contributed by atoms with van der Waals surface area (Å²) in [5, 5.41) is 5.89. The third-order valence-corrected chi connectivity index (χ3v) is 8.15. The Labute approximate surface area is 252 Å². The summed E-state index contributed by atoms with van der Waals surface area (Å²) in [6, 6.07) is 14.4. The molecule has 5 aromatic rings. The van der Waals surface area contributed by atoms with Gasteiger partial charge in [0.1, 0.15) is 22.7 Å². The Kier molecular flexibility index (Phi) is 6.87. The summed E-state index contributed by atoms with van der Waals surface area (Å²) in [6.07, 6.45) is 3.08. The normalized spacial score (nSPS) is 13.0. The van der Waals surface area contributed by atoms with Gasteiger partial charge in [-0.3, -0.25) is 28.1 Å². The van der Waals surface area contributed by atoms with Crippen molar-refractivity contribution in [2.75, 3.05) is 10.6 Å². The molecule has 1 amide bonds. The van der Waals surface area contributed by atoms with Crippen molar-refractivity contribution in [3.63, 3.8) is 0 Å². The molecule has 3 heterocycles. The number of aryl methyl sites for hydroxylation is 2. The molecule has 0 radical (unpaired) electrons. The van der Waals surface area contributed by atoms with E-state index in [-0.39, 0.29) is 39.9 Å². The van der Waals surface area contributed by atoms with E-state index in [9.17, 15) is 23.6 Å². The molecular weight excluding hydrogens is 654 g/mol. The number of hydrogen-bond acceptors (Lipinski definition) is 5. The largest absolute Gasteiger partial charge is 0.347 e. The highest BCUT2D eigenvalue weighted by molar-refractivity contribution is 14.1. The lowest BCUT2D eigenvalue weighted by atomic mass is 10.1. The number of anilines is 3. The molecule has 12 heteroatoms. The molecule has 0 spiro atoms. The fourth-order valence-corrected chi connectivity index (χ4v) is 5.64. The van der Waals surface area contributed by atoms with Crippen molar-refractivity contribution in [2.45, 2.75) is 25.8 Å². The molecule has 1 aliphatic carbocycles. The zero-order valence-corrected chi connectivity index (χ0v) is 25.1. The topological polar surface area (TPSA) is 112 Å². The maximum Gasteiger partial charge on any atom is 0.336 e. The lowest BCUT2D eigenvalue weighted by molar-refractivity contribution is 0.101. The zero-order valence-electron chi connectivity index (χ0n) is 22.9. The van der Waals surface area contributed by atoms with Crippen LogP contribution in [-0.2, 0) is 14.1 Å². The van der Waals surface area contributed by atoms with Crippen molar-refractivity contribution in [1.82, 2.24) is 18.3 Å². The van der Waals surface area contributed by atoms with Crippen LogP contribution >= 0.6 is 22.6 Å². The molecule has 1 saturated carbocycles. The summed E-state index contributed by atoms with van der Waals surface area (Å²) >= 11 is 1.99. The third-order valence-electron chi connectivity index (χ3n) is 7.48. The SMILES string of the molecule is Cc1c(=O)n(C)c(Nc2ccc(I)cc2F)c2c(=O)n(C3CC3)c(=O)n(-c3cccc(NC(=O)c4cccn4C)c3)c12. The molecule has 2 N–H and O–H groups in total. The van der Waals surface area contributed by atoms with Crippen molar-refractivity contribution < 1.29 is 9.18 Å². The van der Waals surface area contributed by atoms with Gasteiger partial charge in [0.15, 0.2) is 0 Å². The van der Waals surface area contributed by atoms with E-state index < -0.39 is 22.6 Å². The number of benzene rings is 2. The lowest BCUT2D eigenvalue weighted by Crippen LogP contribution is -2.41. The minimum absolute atomic E-state index is 0.0713. The number of pyridine rings is 1. The predicted octanol–water partition coefficient (Wildman–Crippen LogP) is 4.57. The molecule has 0 bridgehead atoms. The number of aromatic nitrogens is 4. The molecule has 3 aromatic heterocycles. The van der Waals surface area contributed by atoms with Crippen molar-refractivity contribution in [2.24, 2.45) is 14.1 Å². The van der Waals surface area contributed by atoms with Crippen LogP contribution in [0, 0.1) is 16.3 Å². The molecule has 10 nitrogen and oxygen atoms in total. The van der Waals surface area contributed by atoms with E-state index in [1.807, 2.05) is 22.6 Å². The Morgan fingerprint density at radius 1 is 1.00 bits per heavy atom. The first-order chi connectivity index (χ1) is 20.1. The van der Waals surface area contributed by atoms with Crippen molar-refractivity contribution >= 4 is 56.6 Å². The molecule has 1 aliphatic rings. The van der Waals surface area contributed by atoms with Crippen LogP contribution in [0.1, 0.15) is 34.9 Å². The number of nitrogens with one attached hydrogen (secondary N) is 2. The molecule has 0 saturated heterocycles. The average Bonchev–Trinajstić information content (AvgIpc) is 3.69. The number of halogens is 2. The fourth-order valence-electron chi connectivity index (χ4n) is 5.19. The summed E-state index contributed by atoms with van der Waals surface area (Å²) in [6.45, 7) is 1.55. The Hall–Kier alpha value is -4.46. The van der Waals surface area contributed by atoms with Gasteiger partial charge < -0.3 is 15.2 Å². The Morgan fingerprint density at radius 3 is 2.43 bits per heavy atom. The first-order valence-corrected chi connectivity index (χ1v) is 14.3. The molecule has 1 fully saturated rings. The Morgan fingerprint density at radius 2 is 1.76 bits per heavy atom. The van der Waals surface area contributed by atoms with Crippen LogP contribution in [-0.4, -0.2) is 24.2 Å². The van der Waals surface area contributed by atoms with Gasteiger partial charge in [-0.1, -0.05) is 6.07 Å². The highest BCUT2D eigenvalue weighted by Crippen LogP contribution is 2.34. The number of fused-ring (bicyclic) bond motifs is 1. The maximum absolute atomic E-state index is 14.9. The molecule has 0 aliphatic heterocycles. The number of carbonyl (C=O) groups excluding carboxylic acids is 1. The van der Waals surface area contributed by atoms with Crippen LogP contribution in [0.15, 0.2) is 75.2 Å². The Bertz CT molecular complexity index is 2100.